The maximum atomic E-state index is 4.42. The molecule has 5 nitrogen and oxygen atoms in total. The van der Waals surface area contributed by atoms with Crippen molar-refractivity contribution in [3.05, 3.63) is 47.0 Å². The van der Waals surface area contributed by atoms with Crippen LogP contribution in [0.15, 0.2) is 41.4 Å². The lowest BCUT2D eigenvalue weighted by Gasteiger charge is -2.08. The molecule has 0 saturated carbocycles. The Kier molecular flexibility index (Phi) is 3.64. The lowest BCUT2D eigenvalue weighted by atomic mass is 10.2. The first-order chi connectivity index (χ1) is 9.72. The molecule has 0 fully saturated rings. The largest absolute Gasteiger partial charge is 0.383 e. The van der Waals surface area contributed by atoms with Crippen LogP contribution in [0.25, 0.3) is 11.0 Å². The van der Waals surface area contributed by atoms with Crippen LogP contribution < -0.4 is 5.32 Å². The summed E-state index contributed by atoms with van der Waals surface area (Å²) < 4.78 is 2.75. The number of nitrogens with one attached hydrogen (secondary N) is 1. The van der Waals surface area contributed by atoms with Crippen molar-refractivity contribution in [1.29, 1.82) is 0 Å². The van der Waals surface area contributed by atoms with E-state index in [1.54, 1.807) is 12.4 Å². The first-order valence-electron chi connectivity index (χ1n) is 6.34. The van der Waals surface area contributed by atoms with Crippen molar-refractivity contribution in [2.75, 3.05) is 11.9 Å². The molecule has 0 saturated heterocycles. The highest BCUT2D eigenvalue weighted by Gasteiger charge is 2.04. The topological polar surface area (TPSA) is 55.6 Å². The van der Waals surface area contributed by atoms with Crippen molar-refractivity contribution in [1.82, 2.24) is 19.7 Å². The molecule has 1 N–H and O–H groups in total. The fourth-order valence-electron chi connectivity index (χ4n) is 2.09. The quantitative estimate of drug-likeness (QED) is 0.798. The number of aryl methyl sites for hydroxylation is 1. The van der Waals surface area contributed by atoms with Gasteiger partial charge in [-0.15, -0.1) is 0 Å². The summed E-state index contributed by atoms with van der Waals surface area (Å²) in [5.74, 6) is 0. The molecule has 0 aliphatic carbocycles. The Bertz CT molecular complexity index is 737. The molecular formula is C14H14BrN5. The fourth-order valence-corrected chi connectivity index (χ4v) is 2.41. The minimum absolute atomic E-state index is 0.836. The van der Waals surface area contributed by atoms with Gasteiger partial charge in [-0.25, -0.2) is 0 Å². The molecule has 0 radical (unpaired) electrons. The molecule has 0 spiro atoms. The summed E-state index contributed by atoms with van der Waals surface area (Å²) in [5, 5.41) is 7.57. The number of hydrogen-bond donors (Lipinski definition) is 1. The summed E-state index contributed by atoms with van der Waals surface area (Å²) >= 11 is 3.41. The van der Waals surface area contributed by atoms with Gasteiger partial charge in [-0.2, -0.15) is 5.10 Å². The van der Waals surface area contributed by atoms with Crippen LogP contribution in [0, 0.1) is 0 Å². The molecule has 0 aliphatic rings. The first kappa shape index (κ1) is 13.1. The molecule has 20 heavy (non-hydrogen) atoms. The fraction of sp³-hybridized carbons (Fsp3) is 0.214. The van der Waals surface area contributed by atoms with Gasteiger partial charge in [0.1, 0.15) is 5.52 Å². The lowest BCUT2D eigenvalue weighted by Crippen LogP contribution is -2.05. The van der Waals surface area contributed by atoms with Crippen molar-refractivity contribution in [3.63, 3.8) is 0 Å². The zero-order valence-electron chi connectivity index (χ0n) is 11.0. The average Bonchev–Trinajstić information content (AvgIpc) is 2.84. The van der Waals surface area contributed by atoms with E-state index in [0.717, 1.165) is 34.2 Å². The predicted molar refractivity (Wildman–Crippen MR) is 82.6 cm³/mol. The van der Waals surface area contributed by atoms with Crippen LogP contribution in [0.4, 0.5) is 5.69 Å². The zero-order chi connectivity index (χ0) is 13.9. The summed E-state index contributed by atoms with van der Waals surface area (Å²) in [4.78, 5) is 8.75. The number of pyridine rings is 2. The molecule has 0 aromatic carbocycles. The second-order valence-electron chi connectivity index (χ2n) is 4.58. The molecule has 0 unspecified atom stereocenters. The van der Waals surface area contributed by atoms with Gasteiger partial charge in [0.15, 0.2) is 0 Å². The third kappa shape index (κ3) is 2.80. The number of anilines is 1. The third-order valence-electron chi connectivity index (χ3n) is 3.03. The Morgan fingerprint density at radius 3 is 3.00 bits per heavy atom. The Morgan fingerprint density at radius 1 is 1.30 bits per heavy atom. The van der Waals surface area contributed by atoms with Crippen molar-refractivity contribution < 1.29 is 0 Å². The normalized spacial score (nSPS) is 10.9. The van der Waals surface area contributed by atoms with Gasteiger partial charge in [-0.3, -0.25) is 14.6 Å². The number of hydrogen-bond acceptors (Lipinski definition) is 4. The molecule has 0 amide bonds. The lowest BCUT2D eigenvalue weighted by molar-refractivity contribution is 0.767. The van der Waals surface area contributed by atoms with Crippen LogP contribution in [0.2, 0.25) is 0 Å². The van der Waals surface area contributed by atoms with E-state index in [1.165, 1.54) is 5.56 Å². The van der Waals surface area contributed by atoms with Gasteiger partial charge in [0.05, 0.1) is 17.4 Å². The molecule has 3 rings (SSSR count). The maximum Gasteiger partial charge on any atom is 0.112 e. The third-order valence-corrected chi connectivity index (χ3v) is 3.47. The van der Waals surface area contributed by atoms with Crippen molar-refractivity contribution >= 4 is 32.7 Å². The van der Waals surface area contributed by atoms with Crippen molar-refractivity contribution in [2.45, 2.75) is 6.42 Å². The number of nitrogens with zero attached hydrogens (tertiary/aromatic N) is 4. The maximum absolute atomic E-state index is 4.42. The molecule has 3 aromatic heterocycles. The van der Waals surface area contributed by atoms with Crippen LogP contribution in [0.1, 0.15) is 5.56 Å². The first-order valence-corrected chi connectivity index (χ1v) is 7.13. The van der Waals surface area contributed by atoms with Crippen LogP contribution >= 0.6 is 15.9 Å². The molecule has 0 aliphatic heterocycles. The highest BCUT2D eigenvalue weighted by atomic mass is 79.9. The Hall–Kier alpha value is -1.95. The minimum Gasteiger partial charge on any atom is -0.383 e. The van der Waals surface area contributed by atoms with Crippen LogP contribution in [0.5, 0.6) is 0 Å². The van der Waals surface area contributed by atoms with Crippen LogP contribution in [-0.2, 0) is 13.5 Å². The Morgan fingerprint density at radius 2 is 2.20 bits per heavy atom. The molecule has 102 valence electrons. The Labute approximate surface area is 125 Å². The van der Waals surface area contributed by atoms with E-state index in [2.05, 4.69) is 36.3 Å². The van der Waals surface area contributed by atoms with Gasteiger partial charge < -0.3 is 5.32 Å². The van der Waals surface area contributed by atoms with Crippen molar-refractivity contribution in [3.8, 4) is 0 Å². The van der Waals surface area contributed by atoms with Gasteiger partial charge in [0.2, 0.25) is 0 Å². The van der Waals surface area contributed by atoms with Crippen LogP contribution in [-0.4, -0.2) is 26.3 Å². The van der Waals surface area contributed by atoms with Gasteiger partial charge in [0, 0.05) is 36.7 Å². The smallest absolute Gasteiger partial charge is 0.112 e. The van der Waals surface area contributed by atoms with Gasteiger partial charge >= 0.3 is 0 Å². The van der Waals surface area contributed by atoms with E-state index in [-0.39, 0.29) is 0 Å². The number of fused-ring (bicyclic) bond motifs is 1. The van der Waals surface area contributed by atoms with Gasteiger partial charge in [0.25, 0.3) is 0 Å². The summed E-state index contributed by atoms with van der Waals surface area (Å²) in [6.45, 7) is 0.836. The van der Waals surface area contributed by atoms with E-state index in [0.29, 0.717) is 0 Å². The number of aromatic nitrogens is 4. The van der Waals surface area contributed by atoms with Gasteiger partial charge in [-0.05, 0) is 40.0 Å². The summed E-state index contributed by atoms with van der Waals surface area (Å²) in [6, 6.07) is 3.92. The molecule has 6 heteroatoms. The standard InChI is InChI=1S/C14H14BrN5/c1-20-9-10(7-19-20)2-4-16-12-3-5-17-13-6-11(15)8-18-14(12)13/h3,5-9H,2,4H2,1H3,(H,16,17). The van der Waals surface area contributed by atoms with E-state index >= 15 is 0 Å². The van der Waals surface area contributed by atoms with E-state index in [4.69, 9.17) is 0 Å². The van der Waals surface area contributed by atoms with E-state index in [9.17, 15) is 0 Å². The molecule has 3 heterocycles. The minimum atomic E-state index is 0.836. The van der Waals surface area contributed by atoms with Gasteiger partial charge in [-0.1, -0.05) is 0 Å². The van der Waals surface area contributed by atoms with Crippen molar-refractivity contribution in [2.24, 2.45) is 7.05 Å². The highest BCUT2D eigenvalue weighted by Crippen LogP contribution is 2.21. The highest BCUT2D eigenvalue weighted by molar-refractivity contribution is 9.10. The monoisotopic (exact) mass is 331 g/mol. The summed E-state index contributed by atoms with van der Waals surface area (Å²) in [7, 11) is 1.93. The predicted octanol–water partition coefficient (Wildman–Crippen LogP) is 2.78. The van der Waals surface area contributed by atoms with E-state index < -0.39 is 0 Å². The van der Waals surface area contributed by atoms with Crippen LogP contribution in [0.3, 0.4) is 0 Å². The summed E-state index contributed by atoms with van der Waals surface area (Å²) in [5.41, 5.74) is 3.99. The number of rotatable bonds is 4. The molecule has 0 atom stereocenters. The second kappa shape index (κ2) is 5.58. The van der Waals surface area contributed by atoms with E-state index in [1.807, 2.05) is 36.3 Å². The average molecular weight is 332 g/mol. The second-order valence-corrected chi connectivity index (χ2v) is 5.49. The molecular weight excluding hydrogens is 318 g/mol. The Balaban J connectivity index is 1.74. The molecule has 0 bridgehead atoms. The SMILES string of the molecule is Cn1cc(CCNc2ccnc3cc(Br)cnc23)cn1. The summed E-state index contributed by atoms with van der Waals surface area (Å²) in [6.07, 6.45) is 8.43. The molecule has 3 aromatic rings. The zero-order valence-corrected chi connectivity index (χ0v) is 12.6. The number of halogens is 1.